The Morgan fingerprint density at radius 2 is 2.10 bits per heavy atom. The standard InChI is InChI=1S/C16H20N2O2/c1-9(2)14-15-11(8-13(18-14)16(19)20-3)10-6-4-5-7-12(10)17-15/h4-7,9,13-14,17-18H,8H2,1-3H3/t13-,14?/m0/s1. The lowest BCUT2D eigenvalue weighted by Gasteiger charge is -2.32. The van der Waals surface area contributed by atoms with Gasteiger partial charge in [-0.2, -0.15) is 0 Å². The molecule has 3 rings (SSSR count). The van der Waals surface area contributed by atoms with Gasteiger partial charge >= 0.3 is 5.97 Å². The molecule has 0 aliphatic carbocycles. The molecular weight excluding hydrogens is 252 g/mol. The summed E-state index contributed by atoms with van der Waals surface area (Å²) in [4.78, 5) is 15.4. The van der Waals surface area contributed by atoms with E-state index in [9.17, 15) is 4.79 Å². The van der Waals surface area contributed by atoms with Crippen LogP contribution in [0.15, 0.2) is 24.3 Å². The number of fused-ring (bicyclic) bond motifs is 3. The van der Waals surface area contributed by atoms with E-state index in [2.05, 4.69) is 36.3 Å². The number of esters is 1. The number of ether oxygens (including phenoxy) is 1. The second kappa shape index (κ2) is 4.94. The summed E-state index contributed by atoms with van der Waals surface area (Å²) in [5.41, 5.74) is 3.59. The molecule has 0 saturated carbocycles. The van der Waals surface area contributed by atoms with E-state index < -0.39 is 0 Å². The van der Waals surface area contributed by atoms with Crippen LogP contribution in [-0.2, 0) is 16.0 Å². The SMILES string of the molecule is COC(=O)[C@@H]1Cc2c([nH]c3ccccc23)C(C(C)C)N1. The Bertz CT molecular complexity index is 645. The molecule has 1 unspecified atom stereocenters. The third kappa shape index (κ3) is 2.00. The number of nitrogens with one attached hydrogen (secondary N) is 2. The summed E-state index contributed by atoms with van der Waals surface area (Å²) in [6.07, 6.45) is 0.676. The number of benzene rings is 1. The summed E-state index contributed by atoms with van der Waals surface area (Å²) in [6, 6.07) is 8.14. The first kappa shape index (κ1) is 13.2. The number of hydrogen-bond donors (Lipinski definition) is 2. The second-order valence-corrected chi connectivity index (χ2v) is 5.73. The minimum Gasteiger partial charge on any atom is -0.468 e. The van der Waals surface area contributed by atoms with E-state index in [1.807, 2.05) is 12.1 Å². The monoisotopic (exact) mass is 272 g/mol. The number of H-pyrrole nitrogens is 1. The second-order valence-electron chi connectivity index (χ2n) is 5.73. The van der Waals surface area contributed by atoms with Gasteiger partial charge in [0, 0.05) is 23.0 Å². The van der Waals surface area contributed by atoms with E-state index in [1.54, 1.807) is 0 Å². The zero-order valence-electron chi connectivity index (χ0n) is 12.1. The zero-order chi connectivity index (χ0) is 14.3. The molecule has 2 heterocycles. The van der Waals surface area contributed by atoms with Gasteiger partial charge in [0.25, 0.3) is 0 Å². The van der Waals surface area contributed by atoms with Crippen LogP contribution in [0, 0.1) is 5.92 Å². The molecule has 0 saturated heterocycles. The predicted molar refractivity (Wildman–Crippen MR) is 78.5 cm³/mol. The molecule has 1 aliphatic heterocycles. The topological polar surface area (TPSA) is 54.1 Å². The molecule has 0 radical (unpaired) electrons. The van der Waals surface area contributed by atoms with Crippen molar-refractivity contribution in [3.05, 3.63) is 35.5 Å². The maximum atomic E-state index is 11.9. The van der Waals surface area contributed by atoms with Crippen molar-refractivity contribution in [3.63, 3.8) is 0 Å². The fourth-order valence-corrected chi connectivity index (χ4v) is 3.09. The molecule has 106 valence electrons. The van der Waals surface area contributed by atoms with Gasteiger partial charge in [-0.1, -0.05) is 32.0 Å². The van der Waals surface area contributed by atoms with Crippen molar-refractivity contribution in [2.45, 2.75) is 32.4 Å². The van der Waals surface area contributed by atoms with E-state index in [1.165, 1.54) is 23.8 Å². The van der Waals surface area contributed by atoms with Crippen LogP contribution in [0.4, 0.5) is 0 Å². The minimum absolute atomic E-state index is 0.148. The van der Waals surface area contributed by atoms with Crippen LogP contribution in [0.1, 0.15) is 31.1 Å². The smallest absolute Gasteiger partial charge is 0.323 e. The van der Waals surface area contributed by atoms with Gasteiger partial charge in [0.1, 0.15) is 6.04 Å². The van der Waals surface area contributed by atoms with Crippen molar-refractivity contribution >= 4 is 16.9 Å². The molecule has 0 fully saturated rings. The van der Waals surface area contributed by atoms with Gasteiger partial charge in [-0.05, 0) is 17.5 Å². The van der Waals surface area contributed by atoms with Crippen molar-refractivity contribution in [1.82, 2.24) is 10.3 Å². The average Bonchev–Trinajstić information content (AvgIpc) is 2.83. The number of para-hydroxylation sites is 1. The maximum Gasteiger partial charge on any atom is 0.323 e. The molecule has 1 aromatic heterocycles. The highest BCUT2D eigenvalue weighted by Gasteiger charge is 2.34. The average molecular weight is 272 g/mol. The van der Waals surface area contributed by atoms with E-state index in [0.29, 0.717) is 12.3 Å². The molecule has 2 aromatic rings. The molecule has 4 heteroatoms. The first-order valence-electron chi connectivity index (χ1n) is 7.05. The number of methoxy groups -OCH3 is 1. The van der Waals surface area contributed by atoms with E-state index in [4.69, 9.17) is 4.74 Å². The Morgan fingerprint density at radius 1 is 1.35 bits per heavy atom. The lowest BCUT2D eigenvalue weighted by atomic mass is 9.89. The van der Waals surface area contributed by atoms with Crippen LogP contribution < -0.4 is 5.32 Å². The summed E-state index contributed by atoms with van der Waals surface area (Å²) in [6.45, 7) is 4.32. The van der Waals surface area contributed by atoms with Crippen LogP contribution in [0.5, 0.6) is 0 Å². The van der Waals surface area contributed by atoms with Crippen LogP contribution in [0.3, 0.4) is 0 Å². The molecular formula is C16H20N2O2. The number of hydrogen-bond acceptors (Lipinski definition) is 3. The van der Waals surface area contributed by atoms with Gasteiger partial charge in [-0.25, -0.2) is 0 Å². The Morgan fingerprint density at radius 3 is 2.80 bits per heavy atom. The summed E-state index contributed by atoms with van der Waals surface area (Å²) < 4.78 is 4.91. The molecule has 2 atom stereocenters. The zero-order valence-corrected chi connectivity index (χ0v) is 12.1. The Kier molecular flexibility index (Phi) is 3.26. The van der Waals surface area contributed by atoms with Crippen molar-refractivity contribution < 1.29 is 9.53 Å². The highest BCUT2D eigenvalue weighted by molar-refractivity contribution is 5.87. The molecule has 0 spiro atoms. The molecule has 2 N–H and O–H groups in total. The Hall–Kier alpha value is -1.81. The van der Waals surface area contributed by atoms with Gasteiger partial charge in [-0.3, -0.25) is 10.1 Å². The predicted octanol–water partition coefficient (Wildman–Crippen LogP) is 2.55. The fourth-order valence-electron chi connectivity index (χ4n) is 3.09. The lowest BCUT2D eigenvalue weighted by molar-refractivity contribution is -0.143. The molecule has 20 heavy (non-hydrogen) atoms. The Labute approximate surface area is 118 Å². The third-order valence-electron chi connectivity index (χ3n) is 4.10. The normalized spacial score (nSPS) is 22.0. The van der Waals surface area contributed by atoms with Crippen molar-refractivity contribution in [3.8, 4) is 0 Å². The van der Waals surface area contributed by atoms with E-state index >= 15 is 0 Å². The number of carbonyl (C=O) groups excluding carboxylic acids is 1. The first-order valence-corrected chi connectivity index (χ1v) is 7.05. The quantitative estimate of drug-likeness (QED) is 0.826. The van der Waals surface area contributed by atoms with Gasteiger partial charge < -0.3 is 9.72 Å². The van der Waals surface area contributed by atoms with Crippen LogP contribution in [-0.4, -0.2) is 24.1 Å². The number of carbonyl (C=O) groups is 1. The minimum atomic E-state index is -0.265. The molecule has 4 nitrogen and oxygen atoms in total. The van der Waals surface area contributed by atoms with Gasteiger partial charge in [-0.15, -0.1) is 0 Å². The van der Waals surface area contributed by atoms with Crippen LogP contribution in [0.25, 0.3) is 10.9 Å². The maximum absolute atomic E-state index is 11.9. The van der Waals surface area contributed by atoms with Gasteiger partial charge in [0.05, 0.1) is 13.2 Å². The largest absolute Gasteiger partial charge is 0.468 e. The highest BCUT2D eigenvalue weighted by Crippen LogP contribution is 2.35. The Balaban J connectivity index is 2.11. The third-order valence-corrected chi connectivity index (χ3v) is 4.10. The van der Waals surface area contributed by atoms with Crippen LogP contribution >= 0.6 is 0 Å². The number of aromatic nitrogens is 1. The fraction of sp³-hybridized carbons (Fsp3) is 0.438. The molecule has 1 aliphatic rings. The van der Waals surface area contributed by atoms with Crippen molar-refractivity contribution in [1.29, 1.82) is 0 Å². The van der Waals surface area contributed by atoms with Crippen LogP contribution in [0.2, 0.25) is 0 Å². The molecule has 0 amide bonds. The number of aromatic amines is 1. The summed E-state index contributed by atoms with van der Waals surface area (Å²) in [7, 11) is 1.44. The summed E-state index contributed by atoms with van der Waals surface area (Å²) in [5, 5.41) is 4.63. The first-order chi connectivity index (χ1) is 9.61. The number of rotatable bonds is 2. The van der Waals surface area contributed by atoms with Gasteiger partial charge in [0.2, 0.25) is 0 Å². The van der Waals surface area contributed by atoms with Crippen molar-refractivity contribution in [2.75, 3.05) is 7.11 Å². The highest BCUT2D eigenvalue weighted by atomic mass is 16.5. The molecule has 1 aromatic carbocycles. The molecule has 0 bridgehead atoms. The van der Waals surface area contributed by atoms with Crippen molar-refractivity contribution in [2.24, 2.45) is 5.92 Å². The van der Waals surface area contributed by atoms with Gasteiger partial charge in [0.15, 0.2) is 0 Å². The summed E-state index contributed by atoms with van der Waals surface area (Å²) >= 11 is 0. The summed E-state index contributed by atoms with van der Waals surface area (Å²) in [5.74, 6) is 0.209. The van der Waals surface area contributed by atoms with E-state index in [0.717, 1.165) is 5.52 Å². The van der Waals surface area contributed by atoms with E-state index in [-0.39, 0.29) is 18.1 Å². The lowest BCUT2D eigenvalue weighted by Crippen LogP contribution is -2.46.